The summed E-state index contributed by atoms with van der Waals surface area (Å²) in [6.45, 7) is 9.11. The van der Waals surface area contributed by atoms with Gasteiger partial charge < -0.3 is 15.7 Å². The van der Waals surface area contributed by atoms with Gasteiger partial charge in [-0.3, -0.25) is 4.79 Å². The van der Waals surface area contributed by atoms with Crippen LogP contribution in [-0.4, -0.2) is 36.1 Å². The fourth-order valence-electron chi connectivity index (χ4n) is 2.58. The Morgan fingerprint density at radius 3 is 2.21 bits per heavy atom. The molecule has 0 aliphatic carbocycles. The van der Waals surface area contributed by atoms with E-state index in [0.29, 0.717) is 0 Å². The van der Waals surface area contributed by atoms with E-state index in [0.717, 1.165) is 32.4 Å². The van der Waals surface area contributed by atoms with Crippen LogP contribution in [0, 0.1) is 10.8 Å². The molecule has 1 aliphatic rings. The van der Waals surface area contributed by atoms with Gasteiger partial charge in [0.15, 0.2) is 0 Å². The Balaban J connectivity index is 2.83. The van der Waals surface area contributed by atoms with Gasteiger partial charge >= 0.3 is 5.97 Å². The molecular formula is C14H26N2O3. The van der Waals surface area contributed by atoms with Crippen molar-refractivity contribution in [3.05, 3.63) is 0 Å². The lowest BCUT2D eigenvalue weighted by Gasteiger charge is -2.38. The normalized spacial score (nSPS) is 20.6. The lowest BCUT2D eigenvalue weighted by Crippen LogP contribution is -2.55. The van der Waals surface area contributed by atoms with Crippen LogP contribution in [0.25, 0.3) is 0 Å². The van der Waals surface area contributed by atoms with Crippen molar-refractivity contribution < 1.29 is 14.7 Å². The number of carbonyl (C=O) groups is 2. The molecule has 19 heavy (non-hydrogen) atoms. The van der Waals surface area contributed by atoms with Crippen LogP contribution in [0.2, 0.25) is 0 Å². The zero-order valence-electron chi connectivity index (χ0n) is 12.4. The van der Waals surface area contributed by atoms with Gasteiger partial charge in [0.05, 0.1) is 5.41 Å². The molecule has 0 aromatic carbocycles. The number of carboxylic acid groups (broad SMARTS) is 1. The van der Waals surface area contributed by atoms with Gasteiger partial charge in [0.2, 0.25) is 5.91 Å². The number of carbonyl (C=O) groups excluding carboxylic acids is 1. The Morgan fingerprint density at radius 1 is 1.32 bits per heavy atom. The van der Waals surface area contributed by atoms with Gasteiger partial charge in [0.25, 0.3) is 0 Å². The van der Waals surface area contributed by atoms with Gasteiger partial charge in [-0.2, -0.15) is 0 Å². The SMILES string of the molecule is CCC1(C(=O)N[C@@H](C(=O)O)C(C)(C)C)CCNCC1. The third-order valence-electron chi connectivity index (χ3n) is 4.11. The number of nitrogens with one attached hydrogen (secondary N) is 2. The molecule has 1 aliphatic heterocycles. The Hall–Kier alpha value is -1.10. The van der Waals surface area contributed by atoms with Crippen LogP contribution >= 0.6 is 0 Å². The number of hydrogen-bond donors (Lipinski definition) is 3. The summed E-state index contributed by atoms with van der Waals surface area (Å²) in [5, 5.41) is 15.3. The van der Waals surface area contributed by atoms with E-state index < -0.39 is 22.8 Å². The van der Waals surface area contributed by atoms with Gasteiger partial charge in [-0.25, -0.2) is 4.79 Å². The second kappa shape index (κ2) is 5.90. The van der Waals surface area contributed by atoms with Crippen molar-refractivity contribution in [3.63, 3.8) is 0 Å². The average Bonchev–Trinajstić information content (AvgIpc) is 2.34. The molecule has 0 saturated carbocycles. The Kier molecular flexibility index (Phi) is 4.96. The fraction of sp³-hybridized carbons (Fsp3) is 0.857. The molecule has 0 radical (unpaired) electrons. The molecule has 0 aromatic heterocycles. The van der Waals surface area contributed by atoms with Crippen LogP contribution in [0.4, 0.5) is 0 Å². The molecule has 1 saturated heterocycles. The summed E-state index contributed by atoms with van der Waals surface area (Å²) in [7, 11) is 0. The molecule has 0 spiro atoms. The minimum Gasteiger partial charge on any atom is -0.480 e. The largest absolute Gasteiger partial charge is 0.480 e. The number of piperidine rings is 1. The van der Waals surface area contributed by atoms with E-state index >= 15 is 0 Å². The maximum absolute atomic E-state index is 12.5. The molecule has 5 heteroatoms. The van der Waals surface area contributed by atoms with Gasteiger partial charge in [-0.15, -0.1) is 0 Å². The average molecular weight is 270 g/mol. The number of hydrogen-bond acceptors (Lipinski definition) is 3. The summed E-state index contributed by atoms with van der Waals surface area (Å²) in [4.78, 5) is 23.8. The summed E-state index contributed by atoms with van der Waals surface area (Å²) in [5.74, 6) is -1.08. The van der Waals surface area contributed by atoms with Crippen LogP contribution in [0.3, 0.4) is 0 Å². The zero-order valence-corrected chi connectivity index (χ0v) is 12.4. The molecule has 1 amide bonds. The van der Waals surface area contributed by atoms with Crippen LogP contribution in [0.15, 0.2) is 0 Å². The highest BCUT2D eigenvalue weighted by atomic mass is 16.4. The molecule has 0 bridgehead atoms. The lowest BCUT2D eigenvalue weighted by molar-refractivity contribution is -0.147. The predicted molar refractivity (Wildman–Crippen MR) is 73.8 cm³/mol. The van der Waals surface area contributed by atoms with E-state index in [1.807, 2.05) is 27.7 Å². The molecule has 1 rings (SSSR count). The zero-order chi connectivity index (χ0) is 14.7. The third-order valence-corrected chi connectivity index (χ3v) is 4.11. The molecule has 5 nitrogen and oxygen atoms in total. The van der Waals surface area contributed by atoms with Crippen molar-refractivity contribution in [2.45, 2.75) is 53.0 Å². The smallest absolute Gasteiger partial charge is 0.326 e. The van der Waals surface area contributed by atoms with Crippen LogP contribution < -0.4 is 10.6 Å². The van der Waals surface area contributed by atoms with E-state index in [4.69, 9.17) is 0 Å². The van der Waals surface area contributed by atoms with Gasteiger partial charge in [-0.05, 0) is 37.8 Å². The molecule has 1 heterocycles. The van der Waals surface area contributed by atoms with Crippen molar-refractivity contribution >= 4 is 11.9 Å². The summed E-state index contributed by atoms with van der Waals surface area (Å²) in [5.41, 5.74) is -0.909. The van der Waals surface area contributed by atoms with Crippen LogP contribution in [0.1, 0.15) is 47.0 Å². The van der Waals surface area contributed by atoms with E-state index in [-0.39, 0.29) is 5.91 Å². The first-order chi connectivity index (χ1) is 8.73. The third kappa shape index (κ3) is 3.69. The van der Waals surface area contributed by atoms with Crippen molar-refractivity contribution in [1.82, 2.24) is 10.6 Å². The first-order valence-corrected chi connectivity index (χ1v) is 6.97. The Labute approximate surface area is 115 Å². The Bertz CT molecular complexity index is 341. The second-order valence-electron chi connectivity index (χ2n) is 6.49. The first kappa shape index (κ1) is 16.0. The van der Waals surface area contributed by atoms with E-state index in [9.17, 15) is 14.7 Å². The maximum atomic E-state index is 12.5. The van der Waals surface area contributed by atoms with Crippen LogP contribution in [0.5, 0.6) is 0 Å². The van der Waals surface area contributed by atoms with Gasteiger partial charge in [0, 0.05) is 0 Å². The number of carboxylic acids is 1. The van der Waals surface area contributed by atoms with Crippen molar-refractivity contribution in [3.8, 4) is 0 Å². The summed E-state index contributed by atoms with van der Waals surface area (Å²) >= 11 is 0. The molecule has 1 atom stereocenters. The molecule has 0 unspecified atom stereocenters. The quantitative estimate of drug-likeness (QED) is 0.721. The van der Waals surface area contributed by atoms with Crippen molar-refractivity contribution in [2.75, 3.05) is 13.1 Å². The number of rotatable bonds is 4. The fourth-order valence-corrected chi connectivity index (χ4v) is 2.58. The van der Waals surface area contributed by atoms with Gasteiger partial charge in [-0.1, -0.05) is 27.7 Å². The summed E-state index contributed by atoms with van der Waals surface area (Å²) < 4.78 is 0. The minimum absolute atomic E-state index is 0.112. The first-order valence-electron chi connectivity index (χ1n) is 6.97. The molecule has 3 N–H and O–H groups in total. The van der Waals surface area contributed by atoms with Gasteiger partial charge in [0.1, 0.15) is 6.04 Å². The number of amides is 1. The Morgan fingerprint density at radius 2 is 1.84 bits per heavy atom. The van der Waals surface area contributed by atoms with Crippen LogP contribution in [-0.2, 0) is 9.59 Å². The van der Waals surface area contributed by atoms with E-state index in [1.165, 1.54) is 0 Å². The van der Waals surface area contributed by atoms with Crippen molar-refractivity contribution in [1.29, 1.82) is 0 Å². The molecule has 0 aromatic rings. The van der Waals surface area contributed by atoms with E-state index in [2.05, 4.69) is 10.6 Å². The summed E-state index contributed by atoms with van der Waals surface area (Å²) in [6, 6.07) is -0.849. The molecule has 1 fully saturated rings. The van der Waals surface area contributed by atoms with E-state index in [1.54, 1.807) is 0 Å². The molecule has 110 valence electrons. The monoisotopic (exact) mass is 270 g/mol. The second-order valence-corrected chi connectivity index (χ2v) is 6.49. The predicted octanol–water partition coefficient (Wildman–Crippen LogP) is 1.38. The van der Waals surface area contributed by atoms with Crippen molar-refractivity contribution in [2.24, 2.45) is 10.8 Å². The maximum Gasteiger partial charge on any atom is 0.326 e. The molecular weight excluding hydrogens is 244 g/mol. The summed E-state index contributed by atoms with van der Waals surface area (Å²) in [6.07, 6.45) is 2.29. The standard InChI is InChI=1S/C14H26N2O3/c1-5-14(6-8-15-9-7-14)12(19)16-10(11(17)18)13(2,3)4/h10,15H,5-9H2,1-4H3,(H,16,19)(H,17,18)/t10-/m0/s1. The topological polar surface area (TPSA) is 78.4 Å². The minimum atomic E-state index is -0.971. The highest BCUT2D eigenvalue weighted by Crippen LogP contribution is 2.33. The highest BCUT2D eigenvalue weighted by Gasteiger charge is 2.41. The lowest BCUT2D eigenvalue weighted by atomic mass is 9.75. The number of aliphatic carboxylic acids is 1. The highest BCUT2D eigenvalue weighted by molar-refractivity contribution is 5.88.